The lowest BCUT2D eigenvalue weighted by atomic mass is 10.2. The van der Waals surface area contributed by atoms with Crippen molar-refractivity contribution in [3.05, 3.63) is 51.7 Å². The molecule has 0 fully saturated rings. The first-order valence-electron chi connectivity index (χ1n) is 7.11. The maximum atomic E-state index is 12.3. The van der Waals surface area contributed by atoms with Gasteiger partial charge in [-0.05, 0) is 36.1 Å². The van der Waals surface area contributed by atoms with Crippen molar-refractivity contribution >= 4 is 27.3 Å². The van der Waals surface area contributed by atoms with Gasteiger partial charge in [-0.1, -0.05) is 12.1 Å². The van der Waals surface area contributed by atoms with Gasteiger partial charge in [0.15, 0.2) is 0 Å². The van der Waals surface area contributed by atoms with Gasteiger partial charge < -0.3 is 4.90 Å². The summed E-state index contributed by atoms with van der Waals surface area (Å²) in [4.78, 5) is 14.6. The monoisotopic (exact) mass is 363 g/mol. The highest BCUT2D eigenvalue weighted by Crippen LogP contribution is 2.17. The number of aryl methyl sites for hydroxylation is 1. The van der Waals surface area contributed by atoms with Crippen LogP contribution in [0.4, 0.5) is 0 Å². The third kappa shape index (κ3) is 4.20. The minimum Gasteiger partial charge on any atom is -0.339 e. The van der Waals surface area contributed by atoms with Gasteiger partial charge in [0.2, 0.25) is 15.9 Å². The Labute approximate surface area is 145 Å². The molecule has 0 radical (unpaired) electrons. The minimum atomic E-state index is -3.92. The Kier molecular flexibility index (Phi) is 5.72. The number of nitriles is 1. The van der Waals surface area contributed by atoms with E-state index in [1.165, 1.54) is 23.1 Å². The topological polar surface area (TPSA) is 90.3 Å². The van der Waals surface area contributed by atoms with Gasteiger partial charge >= 0.3 is 0 Å². The fourth-order valence-corrected chi connectivity index (χ4v) is 4.12. The Morgan fingerprint density at radius 3 is 2.67 bits per heavy atom. The Morgan fingerprint density at radius 2 is 2.04 bits per heavy atom. The van der Waals surface area contributed by atoms with Crippen LogP contribution in [0.2, 0.25) is 0 Å². The van der Waals surface area contributed by atoms with Crippen molar-refractivity contribution in [2.75, 3.05) is 13.6 Å². The fraction of sp³-hybridized carbons (Fsp3) is 0.250. The SMILES string of the molecule is Cc1ccsc1CN(C)C(=O)CNS(=O)(=O)c1ccccc1C#N. The van der Waals surface area contributed by atoms with E-state index >= 15 is 0 Å². The predicted molar refractivity (Wildman–Crippen MR) is 91.9 cm³/mol. The lowest BCUT2D eigenvalue weighted by Crippen LogP contribution is -2.37. The molecule has 1 amide bonds. The second-order valence-electron chi connectivity index (χ2n) is 5.21. The van der Waals surface area contributed by atoms with Crippen LogP contribution in [0, 0.1) is 18.3 Å². The smallest absolute Gasteiger partial charge is 0.242 e. The molecule has 0 unspecified atom stereocenters. The molecule has 0 saturated heterocycles. The molecule has 0 aliphatic heterocycles. The molecule has 0 aliphatic carbocycles. The van der Waals surface area contributed by atoms with Crippen LogP contribution in [0.3, 0.4) is 0 Å². The number of nitrogens with one attached hydrogen (secondary N) is 1. The average molecular weight is 363 g/mol. The van der Waals surface area contributed by atoms with Crippen molar-refractivity contribution < 1.29 is 13.2 Å². The highest BCUT2D eigenvalue weighted by atomic mass is 32.2. The highest BCUT2D eigenvalue weighted by molar-refractivity contribution is 7.89. The van der Waals surface area contributed by atoms with Crippen molar-refractivity contribution in [3.8, 4) is 6.07 Å². The van der Waals surface area contributed by atoms with Crippen molar-refractivity contribution in [2.24, 2.45) is 0 Å². The largest absolute Gasteiger partial charge is 0.339 e. The van der Waals surface area contributed by atoms with E-state index in [0.29, 0.717) is 6.54 Å². The van der Waals surface area contributed by atoms with E-state index in [1.807, 2.05) is 24.4 Å². The van der Waals surface area contributed by atoms with E-state index in [9.17, 15) is 13.2 Å². The predicted octanol–water partition coefficient (Wildman–Crippen LogP) is 1.87. The lowest BCUT2D eigenvalue weighted by Gasteiger charge is -2.17. The molecule has 2 rings (SSSR count). The molecule has 1 heterocycles. The Morgan fingerprint density at radius 1 is 1.33 bits per heavy atom. The highest BCUT2D eigenvalue weighted by Gasteiger charge is 2.20. The molecule has 1 aromatic heterocycles. The zero-order chi connectivity index (χ0) is 17.7. The molecule has 0 aliphatic rings. The molecule has 0 spiro atoms. The summed E-state index contributed by atoms with van der Waals surface area (Å²) in [5.41, 5.74) is 1.14. The first kappa shape index (κ1) is 18.1. The molecule has 24 heavy (non-hydrogen) atoms. The molecule has 0 atom stereocenters. The summed E-state index contributed by atoms with van der Waals surface area (Å²) in [6.07, 6.45) is 0. The summed E-state index contributed by atoms with van der Waals surface area (Å²) in [5.74, 6) is -0.346. The average Bonchev–Trinajstić information content (AvgIpc) is 2.97. The van der Waals surface area contributed by atoms with Gasteiger partial charge in [-0.3, -0.25) is 4.79 Å². The number of carbonyl (C=O) groups is 1. The maximum Gasteiger partial charge on any atom is 0.242 e. The number of sulfonamides is 1. The summed E-state index contributed by atoms with van der Waals surface area (Å²) in [5, 5.41) is 10.9. The Bertz CT molecular complexity index is 882. The molecule has 2 aromatic rings. The molecule has 8 heteroatoms. The lowest BCUT2D eigenvalue weighted by molar-refractivity contribution is -0.129. The summed E-state index contributed by atoms with van der Waals surface area (Å²) in [7, 11) is -2.30. The summed E-state index contributed by atoms with van der Waals surface area (Å²) >= 11 is 1.55. The number of nitrogens with zero attached hydrogens (tertiary/aromatic N) is 2. The van der Waals surface area contributed by atoms with E-state index in [2.05, 4.69) is 4.72 Å². The summed E-state index contributed by atoms with van der Waals surface area (Å²) in [6, 6.07) is 9.68. The van der Waals surface area contributed by atoms with Crippen LogP contribution < -0.4 is 4.72 Å². The molecule has 1 aromatic carbocycles. The van der Waals surface area contributed by atoms with Crippen LogP contribution in [-0.4, -0.2) is 32.8 Å². The van der Waals surface area contributed by atoms with Crippen molar-refractivity contribution in [3.63, 3.8) is 0 Å². The standard InChI is InChI=1S/C16H17N3O3S2/c1-12-7-8-23-14(12)11-19(2)16(20)10-18-24(21,22)15-6-4-3-5-13(15)9-17/h3-8,18H,10-11H2,1-2H3. The number of hydrogen-bond acceptors (Lipinski definition) is 5. The molecule has 126 valence electrons. The number of likely N-dealkylation sites (N-methyl/N-ethyl adjacent to an activating group) is 1. The van der Waals surface area contributed by atoms with Crippen LogP contribution in [-0.2, 0) is 21.4 Å². The first-order chi connectivity index (χ1) is 11.3. The minimum absolute atomic E-state index is 0.0417. The zero-order valence-electron chi connectivity index (χ0n) is 13.3. The van der Waals surface area contributed by atoms with Crippen molar-refractivity contribution in [1.82, 2.24) is 9.62 Å². The van der Waals surface area contributed by atoms with Crippen molar-refractivity contribution in [2.45, 2.75) is 18.4 Å². The van der Waals surface area contributed by atoms with E-state index in [0.717, 1.165) is 10.4 Å². The number of hydrogen-bond donors (Lipinski definition) is 1. The number of carbonyl (C=O) groups excluding carboxylic acids is 1. The fourth-order valence-electron chi connectivity index (χ4n) is 2.03. The van der Waals surface area contributed by atoms with E-state index < -0.39 is 10.0 Å². The van der Waals surface area contributed by atoms with Gasteiger partial charge in [0.1, 0.15) is 6.07 Å². The number of thiophene rings is 1. The Hall–Kier alpha value is -2.21. The van der Waals surface area contributed by atoms with Gasteiger partial charge in [-0.15, -0.1) is 11.3 Å². The van der Waals surface area contributed by atoms with Crippen LogP contribution in [0.25, 0.3) is 0 Å². The van der Waals surface area contributed by atoms with Crippen LogP contribution in [0.1, 0.15) is 16.0 Å². The molecule has 0 bridgehead atoms. The summed E-state index contributed by atoms with van der Waals surface area (Å²) in [6.45, 7) is 2.04. The van der Waals surface area contributed by atoms with Gasteiger partial charge in [-0.25, -0.2) is 13.1 Å². The van der Waals surface area contributed by atoms with Gasteiger partial charge in [0, 0.05) is 11.9 Å². The molecule has 0 saturated carbocycles. The summed E-state index contributed by atoms with van der Waals surface area (Å²) < 4.78 is 26.8. The van der Waals surface area contributed by atoms with E-state index in [1.54, 1.807) is 24.5 Å². The first-order valence-corrected chi connectivity index (χ1v) is 9.47. The number of amides is 1. The third-order valence-electron chi connectivity index (χ3n) is 3.49. The Balaban J connectivity index is 2.02. The van der Waals surface area contributed by atoms with Gasteiger partial charge in [0.05, 0.1) is 23.5 Å². The van der Waals surface area contributed by atoms with E-state index in [4.69, 9.17) is 5.26 Å². The number of benzene rings is 1. The normalized spacial score (nSPS) is 11.0. The van der Waals surface area contributed by atoms with Gasteiger partial charge in [-0.2, -0.15) is 5.26 Å². The second kappa shape index (κ2) is 7.57. The third-order valence-corrected chi connectivity index (χ3v) is 5.95. The van der Waals surface area contributed by atoms with Crippen LogP contribution in [0.15, 0.2) is 40.6 Å². The zero-order valence-corrected chi connectivity index (χ0v) is 14.9. The van der Waals surface area contributed by atoms with Crippen LogP contribution in [0.5, 0.6) is 0 Å². The molecule has 1 N–H and O–H groups in total. The molecule has 6 nitrogen and oxygen atoms in total. The van der Waals surface area contributed by atoms with Crippen LogP contribution >= 0.6 is 11.3 Å². The van der Waals surface area contributed by atoms with Crippen molar-refractivity contribution in [1.29, 1.82) is 5.26 Å². The quantitative estimate of drug-likeness (QED) is 0.848. The van der Waals surface area contributed by atoms with Gasteiger partial charge in [0.25, 0.3) is 0 Å². The number of rotatable bonds is 6. The second-order valence-corrected chi connectivity index (χ2v) is 7.95. The van der Waals surface area contributed by atoms with E-state index in [-0.39, 0.29) is 22.9 Å². The molecular formula is C16H17N3O3S2. The molecular weight excluding hydrogens is 346 g/mol. The maximum absolute atomic E-state index is 12.3.